The summed E-state index contributed by atoms with van der Waals surface area (Å²) in [5.41, 5.74) is 3.03. The fourth-order valence-corrected chi connectivity index (χ4v) is 4.11. The van der Waals surface area contributed by atoms with Crippen LogP contribution in [0.2, 0.25) is 0 Å². The number of fused-ring (bicyclic) bond motifs is 3. The van der Waals surface area contributed by atoms with Crippen molar-refractivity contribution in [1.29, 1.82) is 0 Å². The SMILES string of the molecule is CC(C)(C)C(NC(=O)OCC1c2ccccc2-c2ccccc21)C(=O)NC(CC(=O)O)C(F)(F)F. The van der Waals surface area contributed by atoms with Crippen LogP contribution >= 0.6 is 0 Å². The summed E-state index contributed by atoms with van der Waals surface area (Å²) in [7, 11) is 0. The normalized spacial score (nSPS) is 14.9. The highest BCUT2D eigenvalue weighted by atomic mass is 19.4. The number of alkyl carbamates (subject to hydrolysis) is 1. The zero-order chi connectivity index (χ0) is 26.0. The number of carboxylic acid groups (broad SMARTS) is 1. The quantitative estimate of drug-likeness (QED) is 0.529. The number of rotatable bonds is 7. The molecular formula is C25H27F3N2O5. The minimum absolute atomic E-state index is 0.0392. The van der Waals surface area contributed by atoms with Gasteiger partial charge in [-0.1, -0.05) is 69.3 Å². The van der Waals surface area contributed by atoms with Crippen LogP contribution < -0.4 is 10.6 Å². The fraction of sp³-hybridized carbons (Fsp3) is 0.400. The van der Waals surface area contributed by atoms with Gasteiger partial charge >= 0.3 is 18.2 Å². The Morgan fingerprint density at radius 3 is 1.91 bits per heavy atom. The number of ether oxygens (including phenoxy) is 1. The van der Waals surface area contributed by atoms with Crippen LogP contribution in [0.3, 0.4) is 0 Å². The Labute approximate surface area is 200 Å². The van der Waals surface area contributed by atoms with Crippen molar-refractivity contribution in [3.63, 3.8) is 0 Å². The molecule has 0 aliphatic heterocycles. The first-order valence-electron chi connectivity index (χ1n) is 11.0. The minimum atomic E-state index is -4.97. The van der Waals surface area contributed by atoms with Gasteiger partial charge < -0.3 is 20.5 Å². The Balaban J connectivity index is 1.71. The number of aliphatic carboxylic acids is 1. The summed E-state index contributed by atoms with van der Waals surface area (Å²) < 4.78 is 45.0. The molecule has 0 fully saturated rings. The van der Waals surface area contributed by atoms with E-state index in [0.717, 1.165) is 22.3 Å². The van der Waals surface area contributed by atoms with E-state index in [9.17, 15) is 27.6 Å². The maximum Gasteiger partial charge on any atom is 0.409 e. The second kappa shape index (κ2) is 9.97. The number of hydrogen-bond acceptors (Lipinski definition) is 4. The van der Waals surface area contributed by atoms with E-state index < -0.39 is 48.1 Å². The molecule has 0 saturated heterocycles. The lowest BCUT2D eigenvalue weighted by atomic mass is 9.86. The van der Waals surface area contributed by atoms with Gasteiger partial charge in [-0.3, -0.25) is 9.59 Å². The van der Waals surface area contributed by atoms with E-state index in [4.69, 9.17) is 9.84 Å². The molecule has 2 amide bonds. The first-order valence-corrected chi connectivity index (χ1v) is 11.0. The zero-order valence-electron chi connectivity index (χ0n) is 19.5. The van der Waals surface area contributed by atoms with Crippen molar-refractivity contribution < 1.29 is 37.4 Å². The van der Waals surface area contributed by atoms with Crippen molar-refractivity contribution in [2.45, 2.75) is 51.4 Å². The van der Waals surface area contributed by atoms with Crippen molar-refractivity contribution in [3.8, 4) is 11.1 Å². The Morgan fingerprint density at radius 1 is 0.943 bits per heavy atom. The number of carboxylic acids is 1. The molecule has 0 spiro atoms. The lowest BCUT2D eigenvalue weighted by molar-refractivity contribution is -0.171. The smallest absolute Gasteiger partial charge is 0.409 e. The number of amides is 2. The number of hydrogen-bond donors (Lipinski definition) is 3. The fourth-order valence-electron chi connectivity index (χ4n) is 4.11. The first kappa shape index (κ1) is 26.1. The van der Waals surface area contributed by atoms with E-state index in [1.54, 1.807) is 26.1 Å². The van der Waals surface area contributed by atoms with Crippen molar-refractivity contribution in [1.82, 2.24) is 10.6 Å². The lowest BCUT2D eigenvalue weighted by Gasteiger charge is -2.32. The average Bonchev–Trinajstić information content (AvgIpc) is 3.07. The Morgan fingerprint density at radius 2 is 1.46 bits per heavy atom. The van der Waals surface area contributed by atoms with Crippen LogP contribution in [-0.4, -0.2) is 47.9 Å². The summed E-state index contributed by atoms with van der Waals surface area (Å²) in [6, 6.07) is 11.4. The van der Waals surface area contributed by atoms with Gasteiger partial charge in [0.2, 0.25) is 5.91 Å². The molecule has 188 valence electrons. The predicted octanol–water partition coefficient (Wildman–Crippen LogP) is 4.46. The molecule has 3 N–H and O–H groups in total. The average molecular weight is 492 g/mol. The molecular weight excluding hydrogens is 465 g/mol. The molecule has 0 saturated carbocycles. The summed E-state index contributed by atoms with van der Waals surface area (Å²) in [6.07, 6.45) is -7.28. The Kier molecular flexibility index (Phi) is 7.42. The number of benzene rings is 2. The number of halogens is 3. The van der Waals surface area contributed by atoms with Crippen molar-refractivity contribution in [2.75, 3.05) is 6.61 Å². The molecule has 0 bridgehead atoms. The largest absolute Gasteiger partial charge is 0.481 e. The maximum absolute atomic E-state index is 13.2. The van der Waals surface area contributed by atoms with E-state index in [0.29, 0.717) is 0 Å². The molecule has 2 atom stereocenters. The van der Waals surface area contributed by atoms with Crippen LogP contribution in [0.15, 0.2) is 48.5 Å². The molecule has 0 aromatic heterocycles. The lowest BCUT2D eigenvalue weighted by Crippen LogP contribution is -2.58. The first-order chi connectivity index (χ1) is 16.3. The summed E-state index contributed by atoms with van der Waals surface area (Å²) in [4.78, 5) is 36.1. The minimum Gasteiger partial charge on any atom is -0.481 e. The highest BCUT2D eigenvalue weighted by Gasteiger charge is 2.44. The van der Waals surface area contributed by atoms with Gasteiger partial charge in [0.1, 0.15) is 18.7 Å². The van der Waals surface area contributed by atoms with Crippen LogP contribution in [-0.2, 0) is 14.3 Å². The van der Waals surface area contributed by atoms with Crippen LogP contribution in [0.1, 0.15) is 44.2 Å². The van der Waals surface area contributed by atoms with Gasteiger partial charge in [-0.2, -0.15) is 13.2 Å². The number of carbonyl (C=O) groups excluding carboxylic acids is 2. The van der Waals surface area contributed by atoms with Crippen LogP contribution in [0.4, 0.5) is 18.0 Å². The van der Waals surface area contributed by atoms with E-state index in [1.807, 2.05) is 48.5 Å². The second-order valence-electron chi connectivity index (χ2n) is 9.47. The molecule has 0 heterocycles. The van der Waals surface area contributed by atoms with Crippen LogP contribution in [0.5, 0.6) is 0 Å². The molecule has 7 nitrogen and oxygen atoms in total. The topological polar surface area (TPSA) is 105 Å². The molecule has 35 heavy (non-hydrogen) atoms. The van der Waals surface area contributed by atoms with Crippen molar-refractivity contribution in [2.24, 2.45) is 5.41 Å². The number of alkyl halides is 3. The third-order valence-electron chi connectivity index (χ3n) is 5.82. The Bertz CT molecular complexity index is 1070. The standard InChI is InChI=1S/C25H27F3N2O5/c1-24(2,3)21(22(33)29-19(12-20(31)32)25(26,27)28)30-23(34)35-13-18-16-10-6-4-8-14(16)15-9-5-7-11-17(15)18/h4-11,18-19,21H,12-13H2,1-3H3,(H,29,33)(H,30,34)(H,31,32). The third-order valence-corrected chi connectivity index (χ3v) is 5.82. The van der Waals surface area contributed by atoms with Gasteiger partial charge in [0.25, 0.3) is 0 Å². The summed E-state index contributed by atoms with van der Waals surface area (Å²) in [6.45, 7) is 4.63. The zero-order valence-corrected chi connectivity index (χ0v) is 19.5. The third kappa shape index (κ3) is 6.12. The molecule has 10 heteroatoms. The molecule has 1 aliphatic carbocycles. The predicted molar refractivity (Wildman–Crippen MR) is 122 cm³/mol. The van der Waals surface area contributed by atoms with Crippen molar-refractivity contribution >= 4 is 18.0 Å². The van der Waals surface area contributed by atoms with Crippen molar-refractivity contribution in [3.05, 3.63) is 59.7 Å². The highest BCUT2D eigenvalue weighted by Crippen LogP contribution is 2.44. The highest BCUT2D eigenvalue weighted by molar-refractivity contribution is 5.87. The summed E-state index contributed by atoms with van der Waals surface area (Å²) >= 11 is 0. The van der Waals surface area contributed by atoms with Gasteiger partial charge in [-0.15, -0.1) is 0 Å². The van der Waals surface area contributed by atoms with Gasteiger partial charge in [-0.05, 0) is 27.7 Å². The number of carbonyl (C=O) groups is 3. The molecule has 2 aromatic rings. The maximum atomic E-state index is 13.2. The van der Waals surface area contributed by atoms with E-state index >= 15 is 0 Å². The molecule has 2 aromatic carbocycles. The van der Waals surface area contributed by atoms with E-state index in [2.05, 4.69) is 5.32 Å². The van der Waals surface area contributed by atoms with Crippen LogP contribution in [0.25, 0.3) is 11.1 Å². The summed E-state index contributed by atoms with van der Waals surface area (Å²) in [5, 5.41) is 12.8. The van der Waals surface area contributed by atoms with E-state index in [1.165, 1.54) is 0 Å². The Hall–Kier alpha value is -3.56. The van der Waals surface area contributed by atoms with Crippen LogP contribution in [0, 0.1) is 5.41 Å². The summed E-state index contributed by atoms with van der Waals surface area (Å²) in [5.74, 6) is -3.11. The molecule has 0 radical (unpaired) electrons. The molecule has 3 rings (SSSR count). The molecule has 1 aliphatic rings. The van der Waals surface area contributed by atoms with Gasteiger partial charge in [0.15, 0.2) is 0 Å². The van der Waals surface area contributed by atoms with E-state index in [-0.39, 0.29) is 12.5 Å². The molecule has 2 unspecified atom stereocenters. The monoisotopic (exact) mass is 492 g/mol. The van der Waals surface area contributed by atoms with Gasteiger partial charge in [-0.25, -0.2) is 4.79 Å². The van der Waals surface area contributed by atoms with Gasteiger partial charge in [0.05, 0.1) is 6.42 Å². The number of nitrogens with one attached hydrogen (secondary N) is 2. The second-order valence-corrected chi connectivity index (χ2v) is 9.47. The van der Waals surface area contributed by atoms with Gasteiger partial charge in [0, 0.05) is 5.92 Å².